The van der Waals surface area contributed by atoms with Gasteiger partial charge in [0, 0.05) is 37.5 Å². The van der Waals surface area contributed by atoms with E-state index in [-0.39, 0.29) is 30.6 Å². The Bertz CT molecular complexity index is 1220. The Balaban J connectivity index is 1.30. The van der Waals surface area contributed by atoms with Gasteiger partial charge in [0.1, 0.15) is 18.0 Å². The largest absolute Gasteiger partial charge is 0.474 e. The van der Waals surface area contributed by atoms with Crippen LogP contribution in [0.3, 0.4) is 0 Å². The summed E-state index contributed by atoms with van der Waals surface area (Å²) in [5.41, 5.74) is 7.83. The van der Waals surface area contributed by atoms with Crippen molar-refractivity contribution in [2.24, 2.45) is 11.7 Å². The number of aromatic nitrogens is 1. The highest BCUT2D eigenvalue weighted by Gasteiger charge is 2.32. The van der Waals surface area contributed by atoms with Crippen molar-refractivity contribution in [1.82, 2.24) is 14.8 Å². The number of carbonyl (C=O) groups is 2. The second kappa shape index (κ2) is 13.1. The van der Waals surface area contributed by atoms with Gasteiger partial charge in [0.15, 0.2) is 0 Å². The third-order valence-electron chi connectivity index (χ3n) is 7.67. The average Bonchev–Trinajstić information content (AvgIpc) is 3.43. The first-order valence-electron chi connectivity index (χ1n) is 14.0. The number of nitrogens with zero attached hydrogens (tertiary/aromatic N) is 4. The Morgan fingerprint density at radius 1 is 1.12 bits per heavy atom. The van der Waals surface area contributed by atoms with Gasteiger partial charge >= 0.3 is 6.09 Å². The molecule has 0 saturated carbocycles. The topological polar surface area (TPSA) is 122 Å². The lowest BCUT2D eigenvalue weighted by Crippen LogP contribution is -2.46. The third-order valence-corrected chi connectivity index (χ3v) is 7.67. The van der Waals surface area contributed by atoms with E-state index in [0.29, 0.717) is 49.0 Å². The van der Waals surface area contributed by atoms with E-state index in [2.05, 4.69) is 11.1 Å². The predicted octanol–water partition coefficient (Wildman–Crippen LogP) is 4.30. The molecule has 9 nitrogen and oxygen atoms in total. The van der Waals surface area contributed by atoms with E-state index >= 15 is 0 Å². The highest BCUT2D eigenvalue weighted by Crippen LogP contribution is 2.27. The molecule has 214 valence electrons. The van der Waals surface area contributed by atoms with Crippen LogP contribution >= 0.6 is 0 Å². The van der Waals surface area contributed by atoms with Gasteiger partial charge < -0.3 is 25.0 Å². The van der Waals surface area contributed by atoms with Crippen molar-refractivity contribution < 1.29 is 23.5 Å². The van der Waals surface area contributed by atoms with Crippen LogP contribution in [-0.4, -0.2) is 70.7 Å². The van der Waals surface area contributed by atoms with E-state index < -0.39 is 17.9 Å². The zero-order chi connectivity index (χ0) is 28.8. The van der Waals surface area contributed by atoms with Gasteiger partial charge in [-0.3, -0.25) is 4.79 Å². The summed E-state index contributed by atoms with van der Waals surface area (Å²) in [6, 6.07) is 9.20. The highest BCUT2D eigenvalue weighted by atomic mass is 19.1. The van der Waals surface area contributed by atoms with Crippen LogP contribution in [-0.2, 0) is 16.0 Å². The number of carbonyl (C=O) groups excluding carboxylic acids is 2. The summed E-state index contributed by atoms with van der Waals surface area (Å²) in [4.78, 5) is 32.5. The normalized spacial score (nSPS) is 19.3. The average molecular weight is 552 g/mol. The number of amides is 2. The minimum Gasteiger partial charge on any atom is -0.474 e. The van der Waals surface area contributed by atoms with Gasteiger partial charge in [0.2, 0.25) is 11.8 Å². The van der Waals surface area contributed by atoms with Crippen molar-refractivity contribution in [3.8, 4) is 23.1 Å². The molecule has 0 aliphatic carbocycles. The second-order valence-corrected chi connectivity index (χ2v) is 10.9. The fraction of sp³-hybridized carbons (Fsp3) is 0.533. The lowest BCUT2D eigenvalue weighted by Gasteiger charge is -2.34. The summed E-state index contributed by atoms with van der Waals surface area (Å²) < 4.78 is 26.3. The third kappa shape index (κ3) is 7.07. The summed E-state index contributed by atoms with van der Waals surface area (Å²) in [6.07, 6.45) is 4.28. The summed E-state index contributed by atoms with van der Waals surface area (Å²) >= 11 is 0. The molecule has 3 heterocycles. The molecule has 2 saturated heterocycles. The minimum atomic E-state index is -0.907. The molecule has 2 aliphatic rings. The number of piperidine rings is 1. The van der Waals surface area contributed by atoms with Crippen molar-refractivity contribution in [2.45, 2.75) is 77.2 Å². The Morgan fingerprint density at radius 2 is 1.85 bits per heavy atom. The number of likely N-dealkylation sites (tertiary alicyclic amines) is 2. The van der Waals surface area contributed by atoms with E-state index in [1.807, 2.05) is 26.8 Å². The molecular weight excluding hydrogens is 513 g/mol. The molecule has 1 aromatic heterocycles. The molecule has 4 rings (SSSR count). The Kier molecular flexibility index (Phi) is 9.58. The Hall–Kier alpha value is -3.71. The van der Waals surface area contributed by atoms with Crippen LogP contribution in [0.5, 0.6) is 5.88 Å². The molecule has 2 aromatic rings. The molecule has 2 aliphatic heterocycles. The van der Waals surface area contributed by atoms with E-state index in [0.717, 1.165) is 24.8 Å². The van der Waals surface area contributed by atoms with Crippen LogP contribution < -0.4 is 10.5 Å². The number of ether oxygens (including phenoxy) is 2. The molecule has 40 heavy (non-hydrogen) atoms. The number of nitrogens with two attached hydrogens (primary N) is 1. The van der Waals surface area contributed by atoms with Crippen LogP contribution in [0.15, 0.2) is 36.5 Å². The molecule has 3 atom stereocenters. The number of halogens is 1. The van der Waals surface area contributed by atoms with Crippen LogP contribution in [0.1, 0.15) is 52.0 Å². The van der Waals surface area contributed by atoms with Gasteiger partial charge in [-0.15, -0.1) is 0 Å². The van der Waals surface area contributed by atoms with E-state index in [9.17, 15) is 19.2 Å². The van der Waals surface area contributed by atoms with Gasteiger partial charge in [-0.1, -0.05) is 12.1 Å². The quantitative estimate of drug-likeness (QED) is 0.519. The standard InChI is InChI=1S/C30H38FN5O4/c1-19(2)39-30(38)35-13-10-21(11-14-35)20(3)40-28-9-8-24(18-34-28)22-6-7-23(26(31)15-22)16-27(33)29(37)36-12-4-5-25(36)17-32/h6-9,15,18-21,25,27H,4-5,10-14,16,33H2,1-3H3/t20-,25?,27+/m1/s1. The zero-order valence-corrected chi connectivity index (χ0v) is 23.4. The zero-order valence-electron chi connectivity index (χ0n) is 23.4. The van der Waals surface area contributed by atoms with Crippen molar-refractivity contribution in [1.29, 1.82) is 5.26 Å². The van der Waals surface area contributed by atoms with Crippen LogP contribution in [0.25, 0.3) is 11.1 Å². The number of hydrogen-bond donors (Lipinski definition) is 1. The van der Waals surface area contributed by atoms with Crippen molar-refractivity contribution in [3.63, 3.8) is 0 Å². The maximum atomic E-state index is 15.0. The fourth-order valence-corrected chi connectivity index (χ4v) is 5.33. The first kappa shape index (κ1) is 29.3. The van der Waals surface area contributed by atoms with Gasteiger partial charge in [-0.25, -0.2) is 14.2 Å². The Morgan fingerprint density at radius 3 is 2.48 bits per heavy atom. The van der Waals surface area contributed by atoms with Crippen LogP contribution in [0, 0.1) is 23.1 Å². The van der Waals surface area contributed by atoms with Gasteiger partial charge in [0.25, 0.3) is 0 Å². The van der Waals surface area contributed by atoms with E-state index in [1.54, 1.807) is 29.3 Å². The van der Waals surface area contributed by atoms with E-state index in [1.165, 1.54) is 11.0 Å². The number of rotatable bonds is 8. The van der Waals surface area contributed by atoms with Crippen molar-refractivity contribution in [3.05, 3.63) is 47.9 Å². The van der Waals surface area contributed by atoms with Gasteiger partial charge in [-0.2, -0.15) is 5.26 Å². The molecular formula is C30H38FN5O4. The monoisotopic (exact) mass is 551 g/mol. The molecule has 2 N–H and O–H groups in total. The maximum Gasteiger partial charge on any atom is 0.410 e. The Labute approximate surface area is 235 Å². The summed E-state index contributed by atoms with van der Waals surface area (Å²) in [6.45, 7) is 7.47. The molecule has 1 aromatic carbocycles. The molecule has 1 unspecified atom stereocenters. The fourth-order valence-electron chi connectivity index (χ4n) is 5.33. The number of pyridine rings is 1. The minimum absolute atomic E-state index is 0.0559. The molecule has 2 fully saturated rings. The van der Waals surface area contributed by atoms with Crippen LogP contribution in [0.2, 0.25) is 0 Å². The van der Waals surface area contributed by atoms with Crippen LogP contribution in [0.4, 0.5) is 9.18 Å². The predicted molar refractivity (Wildman–Crippen MR) is 148 cm³/mol. The second-order valence-electron chi connectivity index (χ2n) is 10.9. The summed E-state index contributed by atoms with van der Waals surface area (Å²) in [7, 11) is 0. The summed E-state index contributed by atoms with van der Waals surface area (Å²) in [5.74, 6) is 0.00934. The number of hydrogen-bond acceptors (Lipinski definition) is 7. The first-order chi connectivity index (χ1) is 19.2. The first-order valence-corrected chi connectivity index (χ1v) is 14.0. The smallest absolute Gasteiger partial charge is 0.410 e. The molecule has 2 amide bonds. The summed E-state index contributed by atoms with van der Waals surface area (Å²) in [5, 5.41) is 9.23. The van der Waals surface area contributed by atoms with Gasteiger partial charge in [-0.05, 0) is 82.1 Å². The lowest BCUT2D eigenvalue weighted by atomic mass is 9.92. The van der Waals surface area contributed by atoms with E-state index in [4.69, 9.17) is 15.2 Å². The van der Waals surface area contributed by atoms with Crippen molar-refractivity contribution >= 4 is 12.0 Å². The number of nitriles is 1. The molecule has 0 spiro atoms. The number of benzene rings is 1. The highest BCUT2D eigenvalue weighted by molar-refractivity contribution is 5.83. The molecule has 0 radical (unpaired) electrons. The van der Waals surface area contributed by atoms with Gasteiger partial charge in [0.05, 0.1) is 18.2 Å². The maximum absolute atomic E-state index is 15.0. The molecule has 0 bridgehead atoms. The van der Waals surface area contributed by atoms with Crippen molar-refractivity contribution in [2.75, 3.05) is 19.6 Å². The SMILES string of the molecule is CC(C)OC(=O)N1CCC([C@@H](C)Oc2ccc(-c3ccc(C[C@H](N)C(=O)N4CCCC4C#N)c(F)c3)cn2)CC1. The molecule has 10 heteroatoms. The lowest BCUT2D eigenvalue weighted by molar-refractivity contribution is -0.132.